The van der Waals surface area contributed by atoms with Gasteiger partial charge >= 0.3 is 5.97 Å². The van der Waals surface area contributed by atoms with E-state index in [4.69, 9.17) is 16.7 Å². The molecule has 21 heavy (non-hydrogen) atoms. The highest BCUT2D eigenvalue weighted by Gasteiger charge is 2.25. The number of hydrogen-bond acceptors (Lipinski definition) is 5. The fraction of sp³-hybridized carbons (Fsp3) is 0.615. The van der Waals surface area contributed by atoms with Gasteiger partial charge in [-0.1, -0.05) is 24.9 Å². The first-order chi connectivity index (χ1) is 9.96. The smallest absolute Gasteiger partial charge is 0.330 e. The predicted octanol–water partition coefficient (Wildman–Crippen LogP) is 0.680. The van der Waals surface area contributed by atoms with Crippen molar-refractivity contribution >= 4 is 23.5 Å². The topological polar surface area (TPSA) is 93.4 Å². The number of halogens is 1. The zero-order valence-corrected chi connectivity index (χ0v) is 13.1. The summed E-state index contributed by atoms with van der Waals surface area (Å²) < 4.78 is 6.09. The van der Waals surface area contributed by atoms with Crippen LogP contribution in [-0.2, 0) is 23.0 Å². The Morgan fingerprint density at radius 1 is 1.52 bits per heavy atom. The average molecular weight is 318 g/mol. The third-order valence-electron chi connectivity index (χ3n) is 3.09. The number of aryl methyl sites for hydroxylation is 1. The summed E-state index contributed by atoms with van der Waals surface area (Å²) in [6.45, 7) is 1.50. The number of nitrogens with zero attached hydrogens (tertiary/aromatic N) is 2. The third kappa shape index (κ3) is 4.18. The van der Waals surface area contributed by atoms with Crippen LogP contribution in [0.1, 0.15) is 36.1 Å². The summed E-state index contributed by atoms with van der Waals surface area (Å²) in [4.78, 5) is 27.7. The lowest BCUT2D eigenvalue weighted by molar-refractivity contribution is -0.143. The van der Waals surface area contributed by atoms with Crippen LogP contribution in [-0.4, -0.2) is 46.3 Å². The Bertz CT molecular complexity index is 516. The van der Waals surface area contributed by atoms with Gasteiger partial charge in [-0.3, -0.25) is 4.79 Å². The Kier molecular flexibility index (Phi) is 6.64. The number of rotatable bonds is 7. The highest BCUT2D eigenvalue weighted by molar-refractivity contribution is 6.32. The normalized spacial score (nSPS) is 12.0. The number of hydrogen-bond donors (Lipinski definition) is 2. The van der Waals surface area contributed by atoms with Crippen molar-refractivity contribution in [3.8, 4) is 0 Å². The van der Waals surface area contributed by atoms with E-state index in [1.54, 1.807) is 11.6 Å². The van der Waals surface area contributed by atoms with Crippen LogP contribution in [0, 0.1) is 0 Å². The Balaban J connectivity index is 2.92. The molecule has 8 heteroatoms. The van der Waals surface area contributed by atoms with E-state index in [1.165, 1.54) is 7.11 Å². The van der Waals surface area contributed by atoms with E-state index >= 15 is 0 Å². The molecule has 0 saturated heterocycles. The minimum atomic E-state index is -1.13. The van der Waals surface area contributed by atoms with Crippen LogP contribution < -0.4 is 5.32 Å². The number of aliphatic hydroxyl groups excluding tert-OH is 1. The lowest BCUT2D eigenvalue weighted by Crippen LogP contribution is -2.44. The van der Waals surface area contributed by atoms with Gasteiger partial charge in [0.1, 0.15) is 11.5 Å². The van der Waals surface area contributed by atoms with Crippen LogP contribution in [0.15, 0.2) is 0 Å². The Morgan fingerprint density at radius 2 is 2.19 bits per heavy atom. The summed E-state index contributed by atoms with van der Waals surface area (Å²) in [5.41, 5.74) is 0.158. The lowest BCUT2D eigenvalue weighted by atomic mass is 10.2. The van der Waals surface area contributed by atoms with Gasteiger partial charge in [-0.15, -0.1) is 0 Å². The summed E-state index contributed by atoms with van der Waals surface area (Å²) >= 11 is 5.99. The Hall–Kier alpha value is -1.60. The molecule has 0 saturated carbocycles. The zero-order valence-electron chi connectivity index (χ0n) is 12.4. The van der Waals surface area contributed by atoms with Gasteiger partial charge in [0.25, 0.3) is 5.91 Å². The first-order valence-corrected chi connectivity index (χ1v) is 7.04. The highest BCUT2D eigenvalue weighted by atomic mass is 35.5. The number of amides is 1. The molecule has 0 aliphatic carbocycles. The number of carbonyl (C=O) groups is 2. The van der Waals surface area contributed by atoms with Crippen LogP contribution in [0.25, 0.3) is 0 Å². The molecule has 0 spiro atoms. The van der Waals surface area contributed by atoms with Crippen molar-refractivity contribution in [1.29, 1.82) is 0 Å². The maximum absolute atomic E-state index is 12.2. The quantitative estimate of drug-likeness (QED) is 0.721. The van der Waals surface area contributed by atoms with Crippen LogP contribution in [0.5, 0.6) is 0 Å². The van der Waals surface area contributed by atoms with E-state index in [-0.39, 0.29) is 10.8 Å². The van der Waals surface area contributed by atoms with Crippen molar-refractivity contribution < 1.29 is 19.4 Å². The molecule has 1 aromatic heterocycles. The highest BCUT2D eigenvalue weighted by Crippen LogP contribution is 2.17. The number of nitrogens with one attached hydrogen (secondary N) is 1. The van der Waals surface area contributed by atoms with Crippen molar-refractivity contribution in [2.24, 2.45) is 7.05 Å². The molecule has 0 bridgehead atoms. The molecular weight excluding hydrogens is 298 g/mol. The minimum Gasteiger partial charge on any atom is -0.467 e. The number of ether oxygens (including phenoxy) is 1. The lowest BCUT2D eigenvalue weighted by Gasteiger charge is -2.14. The predicted molar refractivity (Wildman–Crippen MR) is 77.2 cm³/mol. The van der Waals surface area contributed by atoms with E-state index in [1.807, 2.05) is 0 Å². The molecule has 1 atom stereocenters. The fourth-order valence-electron chi connectivity index (χ4n) is 1.86. The van der Waals surface area contributed by atoms with E-state index in [0.29, 0.717) is 12.2 Å². The molecule has 2 N–H and O–H groups in total. The summed E-state index contributed by atoms with van der Waals surface area (Å²) in [5, 5.41) is 11.6. The molecule has 0 aliphatic heterocycles. The van der Waals surface area contributed by atoms with Gasteiger partial charge in [0.15, 0.2) is 11.2 Å². The van der Waals surface area contributed by atoms with E-state index in [0.717, 1.165) is 12.8 Å². The van der Waals surface area contributed by atoms with Gasteiger partial charge in [0.2, 0.25) is 0 Å². The molecule has 0 aliphatic rings. The maximum Gasteiger partial charge on any atom is 0.330 e. The number of aliphatic hydroxyl groups is 1. The fourth-order valence-corrected chi connectivity index (χ4v) is 2.17. The van der Waals surface area contributed by atoms with Crippen LogP contribution in [0.3, 0.4) is 0 Å². The summed E-state index contributed by atoms with van der Waals surface area (Å²) in [6, 6.07) is -1.13. The Morgan fingerprint density at radius 3 is 2.71 bits per heavy atom. The largest absolute Gasteiger partial charge is 0.467 e. The van der Waals surface area contributed by atoms with Gasteiger partial charge in [-0.05, 0) is 6.42 Å². The number of unbranched alkanes of at least 4 members (excludes halogenated alkanes) is 1. The first-order valence-electron chi connectivity index (χ1n) is 6.66. The van der Waals surface area contributed by atoms with Crippen molar-refractivity contribution in [3.05, 3.63) is 16.7 Å². The molecule has 0 radical (unpaired) electrons. The number of esters is 1. The molecule has 1 amide bonds. The standard InChI is InChI=1S/C13H20ClN3O4/c1-4-5-6-9-16-11(14)10(17(9)2)12(19)15-8(7-18)13(20)21-3/h8,18H,4-7H2,1-3H3,(H,15,19)/t8-/m0/s1. The molecular formula is C13H20ClN3O4. The summed E-state index contributed by atoms with van der Waals surface area (Å²) in [5.74, 6) is -0.608. The summed E-state index contributed by atoms with van der Waals surface area (Å²) in [7, 11) is 2.86. The Labute approximate surface area is 128 Å². The SMILES string of the molecule is CCCCc1nc(Cl)c(C(=O)N[C@@H](CO)C(=O)OC)n1C. The monoisotopic (exact) mass is 317 g/mol. The minimum absolute atomic E-state index is 0.0719. The van der Waals surface area contributed by atoms with Crippen molar-refractivity contribution in [2.75, 3.05) is 13.7 Å². The van der Waals surface area contributed by atoms with Crippen molar-refractivity contribution in [3.63, 3.8) is 0 Å². The van der Waals surface area contributed by atoms with Crippen LogP contribution in [0.2, 0.25) is 5.15 Å². The van der Waals surface area contributed by atoms with Crippen molar-refractivity contribution in [1.82, 2.24) is 14.9 Å². The average Bonchev–Trinajstić information content (AvgIpc) is 2.75. The summed E-state index contributed by atoms with van der Waals surface area (Å²) in [6.07, 6.45) is 2.64. The molecule has 1 rings (SSSR count). The zero-order chi connectivity index (χ0) is 16.0. The van der Waals surface area contributed by atoms with Gasteiger partial charge in [0.05, 0.1) is 13.7 Å². The van der Waals surface area contributed by atoms with E-state index in [9.17, 15) is 9.59 Å². The molecule has 0 fully saturated rings. The molecule has 118 valence electrons. The third-order valence-corrected chi connectivity index (χ3v) is 3.35. The van der Waals surface area contributed by atoms with Gasteiger partial charge in [-0.25, -0.2) is 9.78 Å². The van der Waals surface area contributed by atoms with Gasteiger partial charge in [-0.2, -0.15) is 0 Å². The second-order valence-corrected chi connectivity index (χ2v) is 4.92. The molecule has 0 unspecified atom stereocenters. The molecule has 7 nitrogen and oxygen atoms in total. The van der Waals surface area contributed by atoms with Crippen LogP contribution >= 0.6 is 11.6 Å². The molecule has 1 heterocycles. The van der Waals surface area contributed by atoms with E-state index in [2.05, 4.69) is 22.0 Å². The second-order valence-electron chi connectivity index (χ2n) is 4.56. The number of aromatic nitrogens is 2. The van der Waals surface area contributed by atoms with Gasteiger partial charge < -0.3 is 19.7 Å². The molecule has 0 aromatic carbocycles. The van der Waals surface area contributed by atoms with E-state index < -0.39 is 24.5 Å². The number of methoxy groups -OCH3 is 1. The number of carbonyl (C=O) groups excluding carboxylic acids is 2. The van der Waals surface area contributed by atoms with Crippen molar-refractivity contribution in [2.45, 2.75) is 32.2 Å². The maximum atomic E-state index is 12.2. The van der Waals surface area contributed by atoms with Gasteiger partial charge in [0, 0.05) is 13.5 Å². The van der Waals surface area contributed by atoms with Crippen LogP contribution in [0.4, 0.5) is 0 Å². The first kappa shape index (κ1) is 17.5. The molecule has 1 aromatic rings. The number of imidazole rings is 1. The second kappa shape index (κ2) is 7.99.